The lowest BCUT2D eigenvalue weighted by Crippen LogP contribution is -2.26. The number of aromatic nitrogens is 1. The molecule has 1 aromatic carbocycles. The second-order valence-electron chi connectivity index (χ2n) is 4.47. The highest BCUT2D eigenvalue weighted by Crippen LogP contribution is 2.24. The van der Waals surface area contributed by atoms with Crippen LogP contribution >= 0.6 is 11.6 Å². The first-order valence-corrected chi connectivity index (χ1v) is 6.53. The molecule has 96 valence electrons. The summed E-state index contributed by atoms with van der Waals surface area (Å²) in [5.41, 5.74) is 3.76. The van der Waals surface area contributed by atoms with Crippen LogP contribution in [0.4, 0.5) is 0 Å². The molecule has 1 amide bonds. The Morgan fingerprint density at radius 2 is 2.22 bits per heavy atom. The highest BCUT2D eigenvalue weighted by atomic mass is 35.5. The maximum Gasteiger partial charge on any atom is 0.234 e. The third-order valence-corrected chi connectivity index (χ3v) is 3.38. The fraction of sp³-hybridized carbons (Fsp3) is 0.357. The Kier molecular flexibility index (Phi) is 3.92. The molecule has 1 aromatic heterocycles. The third-order valence-electron chi connectivity index (χ3n) is 3.14. The lowest BCUT2D eigenvalue weighted by Gasteiger charge is -2.03. The number of carbonyl (C=O) groups excluding carboxylic acids is 1. The molecule has 0 saturated carbocycles. The summed E-state index contributed by atoms with van der Waals surface area (Å²) in [6.07, 6.45) is 2.95. The van der Waals surface area contributed by atoms with Gasteiger partial charge in [-0.05, 0) is 30.5 Å². The fourth-order valence-electron chi connectivity index (χ4n) is 2.31. The Balaban J connectivity index is 2.21. The van der Waals surface area contributed by atoms with Crippen LogP contribution in [0.25, 0.3) is 10.9 Å². The van der Waals surface area contributed by atoms with Crippen molar-refractivity contribution in [3.63, 3.8) is 0 Å². The summed E-state index contributed by atoms with van der Waals surface area (Å²) in [7, 11) is 2.04. The lowest BCUT2D eigenvalue weighted by atomic mass is 10.1. The smallest absolute Gasteiger partial charge is 0.234 e. The number of nitrogens with zero attached hydrogens (tertiary/aromatic N) is 1. The summed E-state index contributed by atoms with van der Waals surface area (Å²) in [6, 6.07) is 6.29. The number of rotatable bonds is 4. The molecule has 0 spiro atoms. The van der Waals surface area contributed by atoms with Gasteiger partial charge in [-0.3, -0.25) is 4.79 Å². The Bertz CT molecular complexity index is 574. The standard InChI is InChI=1S/C14H17ClN2O/c1-10-4-3-5-12-14(10)11(9-17(12)2)6-7-16-13(18)8-15/h3-5,9H,6-8H2,1-2H3,(H,16,18). The van der Waals surface area contributed by atoms with Crippen molar-refractivity contribution in [2.75, 3.05) is 12.4 Å². The number of hydrogen-bond acceptors (Lipinski definition) is 1. The van der Waals surface area contributed by atoms with Crippen LogP contribution in [-0.2, 0) is 18.3 Å². The molecule has 0 aliphatic carbocycles. The van der Waals surface area contributed by atoms with Gasteiger partial charge < -0.3 is 9.88 Å². The molecule has 1 N–H and O–H groups in total. The van der Waals surface area contributed by atoms with E-state index >= 15 is 0 Å². The van der Waals surface area contributed by atoms with E-state index in [0.29, 0.717) is 6.54 Å². The van der Waals surface area contributed by atoms with E-state index < -0.39 is 0 Å². The van der Waals surface area contributed by atoms with Gasteiger partial charge in [-0.2, -0.15) is 0 Å². The summed E-state index contributed by atoms with van der Waals surface area (Å²) in [5, 5.41) is 4.09. The Morgan fingerprint density at radius 3 is 2.94 bits per heavy atom. The largest absolute Gasteiger partial charge is 0.355 e. The van der Waals surface area contributed by atoms with E-state index in [1.165, 1.54) is 22.0 Å². The predicted molar refractivity (Wildman–Crippen MR) is 75.1 cm³/mol. The molecule has 4 heteroatoms. The van der Waals surface area contributed by atoms with Gasteiger partial charge in [0.15, 0.2) is 0 Å². The van der Waals surface area contributed by atoms with Crippen molar-refractivity contribution in [2.45, 2.75) is 13.3 Å². The van der Waals surface area contributed by atoms with Gasteiger partial charge in [0.2, 0.25) is 5.91 Å². The van der Waals surface area contributed by atoms with Gasteiger partial charge >= 0.3 is 0 Å². The maximum atomic E-state index is 11.1. The number of alkyl halides is 1. The van der Waals surface area contributed by atoms with Crippen LogP contribution < -0.4 is 5.32 Å². The zero-order valence-electron chi connectivity index (χ0n) is 10.7. The van der Waals surface area contributed by atoms with Crippen LogP contribution in [0.5, 0.6) is 0 Å². The van der Waals surface area contributed by atoms with E-state index in [9.17, 15) is 4.79 Å². The van der Waals surface area contributed by atoms with Crippen molar-refractivity contribution in [3.8, 4) is 0 Å². The van der Waals surface area contributed by atoms with Crippen LogP contribution in [-0.4, -0.2) is 22.9 Å². The van der Waals surface area contributed by atoms with Crippen LogP contribution in [0.2, 0.25) is 0 Å². The van der Waals surface area contributed by atoms with Gasteiger partial charge in [-0.1, -0.05) is 12.1 Å². The minimum Gasteiger partial charge on any atom is -0.355 e. The molecule has 1 heterocycles. The van der Waals surface area contributed by atoms with Gasteiger partial charge in [0.1, 0.15) is 5.88 Å². The molecular weight excluding hydrogens is 248 g/mol. The number of benzene rings is 1. The summed E-state index contributed by atoms with van der Waals surface area (Å²) >= 11 is 5.44. The quantitative estimate of drug-likeness (QED) is 0.846. The molecule has 2 rings (SSSR count). The number of carbonyl (C=O) groups is 1. The highest BCUT2D eigenvalue weighted by molar-refractivity contribution is 6.27. The Hall–Kier alpha value is -1.48. The van der Waals surface area contributed by atoms with Gasteiger partial charge in [-0.25, -0.2) is 0 Å². The zero-order valence-corrected chi connectivity index (χ0v) is 11.4. The van der Waals surface area contributed by atoms with E-state index in [1.807, 2.05) is 7.05 Å². The Labute approximate surface area is 112 Å². The summed E-state index contributed by atoms with van der Waals surface area (Å²) in [5.74, 6) is -0.0946. The van der Waals surface area contributed by atoms with E-state index in [2.05, 4.69) is 41.2 Å². The number of hydrogen-bond donors (Lipinski definition) is 1. The minimum atomic E-state index is -0.117. The van der Waals surface area contributed by atoms with Crippen molar-refractivity contribution in [1.82, 2.24) is 9.88 Å². The number of fused-ring (bicyclic) bond motifs is 1. The molecule has 0 aliphatic heterocycles. The van der Waals surface area contributed by atoms with Crippen LogP contribution in [0.1, 0.15) is 11.1 Å². The Morgan fingerprint density at radius 1 is 1.44 bits per heavy atom. The first-order valence-electron chi connectivity index (χ1n) is 5.99. The van der Waals surface area contributed by atoms with Crippen LogP contribution in [0, 0.1) is 6.92 Å². The van der Waals surface area contributed by atoms with Crippen LogP contribution in [0.15, 0.2) is 24.4 Å². The zero-order chi connectivity index (χ0) is 13.1. The summed E-state index contributed by atoms with van der Waals surface area (Å²) in [6.45, 7) is 2.74. The van der Waals surface area contributed by atoms with Gasteiger partial charge in [0.05, 0.1) is 0 Å². The lowest BCUT2D eigenvalue weighted by molar-refractivity contribution is -0.118. The molecule has 0 saturated heterocycles. The van der Waals surface area contributed by atoms with Gasteiger partial charge in [0.25, 0.3) is 0 Å². The average Bonchev–Trinajstić information content (AvgIpc) is 2.68. The SMILES string of the molecule is Cc1cccc2c1c(CCNC(=O)CCl)cn2C. The molecule has 2 aromatic rings. The normalized spacial score (nSPS) is 10.8. The fourth-order valence-corrected chi connectivity index (χ4v) is 2.40. The molecule has 0 unspecified atom stereocenters. The van der Waals surface area contributed by atoms with Crippen LogP contribution in [0.3, 0.4) is 0 Å². The molecule has 3 nitrogen and oxygen atoms in total. The van der Waals surface area contributed by atoms with Crippen molar-refractivity contribution >= 4 is 28.4 Å². The molecule has 18 heavy (non-hydrogen) atoms. The first kappa shape index (κ1) is 13.0. The number of amides is 1. The molecule has 0 bridgehead atoms. The second-order valence-corrected chi connectivity index (χ2v) is 4.74. The summed E-state index contributed by atoms with van der Waals surface area (Å²) < 4.78 is 2.13. The van der Waals surface area contributed by atoms with E-state index in [4.69, 9.17) is 11.6 Å². The molecule has 0 fully saturated rings. The number of halogens is 1. The molecular formula is C14H17ClN2O. The topological polar surface area (TPSA) is 34.0 Å². The average molecular weight is 265 g/mol. The maximum absolute atomic E-state index is 11.1. The van der Waals surface area contributed by atoms with Crippen molar-refractivity contribution < 1.29 is 4.79 Å². The second kappa shape index (κ2) is 5.44. The first-order chi connectivity index (χ1) is 8.63. The number of aryl methyl sites for hydroxylation is 2. The molecule has 0 atom stereocenters. The van der Waals surface area contributed by atoms with Gasteiger partial charge in [0, 0.05) is 30.7 Å². The van der Waals surface area contributed by atoms with E-state index in [1.54, 1.807) is 0 Å². The third kappa shape index (κ3) is 2.51. The van der Waals surface area contributed by atoms with Crippen molar-refractivity contribution in [2.24, 2.45) is 7.05 Å². The predicted octanol–water partition coefficient (Wildman–Crippen LogP) is 2.38. The van der Waals surface area contributed by atoms with Gasteiger partial charge in [-0.15, -0.1) is 11.6 Å². The van der Waals surface area contributed by atoms with Crippen molar-refractivity contribution in [3.05, 3.63) is 35.5 Å². The van der Waals surface area contributed by atoms with E-state index in [0.717, 1.165) is 6.42 Å². The molecule has 0 aliphatic rings. The molecule has 0 radical (unpaired) electrons. The number of nitrogens with one attached hydrogen (secondary N) is 1. The van der Waals surface area contributed by atoms with E-state index in [-0.39, 0.29) is 11.8 Å². The van der Waals surface area contributed by atoms with Crippen molar-refractivity contribution in [1.29, 1.82) is 0 Å². The highest BCUT2D eigenvalue weighted by Gasteiger charge is 2.08. The monoisotopic (exact) mass is 264 g/mol. The summed E-state index contributed by atoms with van der Waals surface area (Å²) in [4.78, 5) is 11.1. The minimum absolute atomic E-state index is 0.0224.